The maximum atomic E-state index is 13.3. The van der Waals surface area contributed by atoms with Crippen LogP contribution in [0.2, 0.25) is 0 Å². The van der Waals surface area contributed by atoms with Crippen LogP contribution >= 0.6 is 63.7 Å². The second-order valence-electron chi connectivity index (χ2n) is 31.5. The Morgan fingerprint density at radius 2 is 0.662 bits per heavy atom. The lowest BCUT2D eigenvalue weighted by Gasteiger charge is -2.21. The Kier molecular flexibility index (Phi) is 31.1. The summed E-state index contributed by atoms with van der Waals surface area (Å²) >= 11 is 12.6. The topological polar surface area (TPSA) is 326 Å². The lowest BCUT2D eigenvalue weighted by atomic mass is 10.1. The summed E-state index contributed by atoms with van der Waals surface area (Å²) in [6.07, 6.45) is -22.4. The van der Waals surface area contributed by atoms with Crippen molar-refractivity contribution in [3.8, 4) is 0 Å². The van der Waals surface area contributed by atoms with Gasteiger partial charge in [-0.05, 0) is 172 Å². The Morgan fingerprint density at radius 1 is 0.368 bits per heavy atom. The molecule has 5 N–H and O–H groups in total. The zero-order valence-electron chi connectivity index (χ0n) is 73.0. The number of esters is 3. The number of aromatic carboxylic acids is 2. The number of aryl methyl sites for hydroxylation is 4. The van der Waals surface area contributed by atoms with E-state index in [1.807, 2.05) is 21.6 Å². The molecule has 6 aromatic carbocycles. The van der Waals surface area contributed by atoms with Crippen LogP contribution < -0.4 is 35.6 Å². The number of fused-ring (bicyclic) bond motifs is 5. The number of hydrogen-bond donors (Lipinski definition) is 5. The number of nitrogens with one attached hydrogen (secondary N) is 3. The van der Waals surface area contributed by atoms with Gasteiger partial charge in [0, 0.05) is 76.8 Å². The summed E-state index contributed by atoms with van der Waals surface area (Å²) < 4.78 is 218. The van der Waals surface area contributed by atoms with Crippen molar-refractivity contribution in [2.45, 2.75) is 143 Å². The number of carbonyl (C=O) groups is 7. The monoisotopic (exact) mass is 2170 g/mol. The number of halogens is 19. The summed E-state index contributed by atoms with van der Waals surface area (Å²) in [5.41, 5.74) is 2.43. The van der Waals surface area contributed by atoms with E-state index in [1.165, 1.54) is 26.4 Å². The molecule has 5 aliphatic rings. The van der Waals surface area contributed by atoms with Gasteiger partial charge in [-0.2, -0.15) is 91.3 Å². The molecule has 0 saturated heterocycles. The van der Waals surface area contributed by atoms with Crippen molar-refractivity contribution < 1.29 is 124 Å². The quantitative estimate of drug-likeness (QED) is 0.0285. The van der Waals surface area contributed by atoms with Crippen LogP contribution in [0.25, 0.3) is 0 Å². The second-order valence-corrected chi connectivity index (χ2v) is 35.2. The smallest absolute Gasteiger partial charge is 0.436 e. The zero-order valence-corrected chi connectivity index (χ0v) is 79.4. The number of carboxylic acids is 2. The minimum atomic E-state index is -4.66. The predicted molar refractivity (Wildman–Crippen MR) is 477 cm³/mol. The molecule has 11 aromatic rings. The van der Waals surface area contributed by atoms with Gasteiger partial charge in [0.15, 0.2) is 5.69 Å². The maximum absolute atomic E-state index is 13.3. The Balaban J connectivity index is 0.000000156. The number of carbonyl (C=O) groups excluding carboxylic acids is 5. The van der Waals surface area contributed by atoms with Crippen LogP contribution in [0.4, 0.5) is 94.9 Å². The summed E-state index contributed by atoms with van der Waals surface area (Å²) in [5.74, 6) is -2.60. The van der Waals surface area contributed by atoms with E-state index >= 15 is 0 Å². The molecule has 10 heterocycles. The minimum absolute atomic E-state index is 0.0687. The first-order valence-electron chi connectivity index (χ1n) is 40.9. The predicted octanol–water partition coefficient (Wildman–Crippen LogP) is 19.0. The molecule has 2 atom stereocenters. The molecule has 5 aliphatic heterocycles. The van der Waals surface area contributed by atoms with Gasteiger partial charge in [0.25, 0.3) is 11.8 Å². The highest BCUT2D eigenvalue weighted by atomic mass is 79.9. The molecule has 0 fully saturated rings. The SMILES string of the molecule is COC(=O)c1c(C(F)(F)F)nn2c1NCC2.COC(=O)c1c(C)nn2c1N(Cc1cc(Br)cc(C(F)(F)F)c1)CC2.COC(=O)c1ccc([C@H](C)NC(=O)c2c(C)nn3c2N(Cc2cc(Br)cc(C(F)(F)F)c2)CC3)cc1.Cc1nn2c(c1C(=O)N[C@@H](C)c1ccc(C(=O)O)cc1)N(Cc1cc(Br)cc(C(F)(F)F)c1)CC2.Cc1nn2c(c1C(=O)O)N(Cc1cc(Br)cc(C(F)(F)F)c1)CC2. The third-order valence-corrected chi connectivity index (χ3v) is 23.9. The van der Waals surface area contributed by atoms with Gasteiger partial charge in [0.05, 0.1) is 122 Å². The first kappa shape index (κ1) is 102. The van der Waals surface area contributed by atoms with Crippen LogP contribution in [-0.2, 0) is 104 Å². The summed E-state index contributed by atoms with van der Waals surface area (Å²) in [5, 5.41) is 47.8. The molecular formula is C88H82Br4F15N17O12. The number of nitrogens with zero attached hydrogens (tertiary/aromatic N) is 14. The fourth-order valence-corrected chi connectivity index (χ4v) is 18.1. The summed E-state index contributed by atoms with van der Waals surface area (Å²) in [4.78, 5) is 91.3. The van der Waals surface area contributed by atoms with E-state index in [0.29, 0.717) is 174 Å². The number of rotatable bonds is 19. The largest absolute Gasteiger partial charge is 0.478 e. The fraction of sp³-hybridized carbons (Fsp3) is 0.341. The van der Waals surface area contributed by atoms with Gasteiger partial charge in [-0.25, -0.2) is 47.4 Å². The molecule has 0 aliphatic carbocycles. The van der Waals surface area contributed by atoms with Gasteiger partial charge in [0.2, 0.25) is 0 Å². The number of aromatic nitrogens is 10. The number of benzene rings is 6. The third kappa shape index (κ3) is 23.6. The van der Waals surface area contributed by atoms with Gasteiger partial charge in [0.1, 0.15) is 56.9 Å². The van der Waals surface area contributed by atoms with Crippen molar-refractivity contribution in [3.63, 3.8) is 0 Å². The average Bonchev–Trinajstić information content (AvgIpc) is 1.62. The highest BCUT2D eigenvalue weighted by molar-refractivity contribution is 9.11. The van der Waals surface area contributed by atoms with Gasteiger partial charge < -0.3 is 60.0 Å². The third-order valence-electron chi connectivity index (χ3n) is 22.0. The van der Waals surface area contributed by atoms with Gasteiger partial charge in [-0.1, -0.05) is 88.0 Å². The summed E-state index contributed by atoms with van der Waals surface area (Å²) in [7, 11) is 3.62. The molecule has 0 radical (unpaired) electrons. The Bertz CT molecular complexity index is 6390. The van der Waals surface area contributed by atoms with Crippen LogP contribution in [0.15, 0.2) is 139 Å². The first-order valence-corrected chi connectivity index (χ1v) is 44.1. The number of ether oxygens (including phenoxy) is 3. The molecule has 2 amide bonds. The van der Waals surface area contributed by atoms with E-state index in [4.69, 9.17) is 14.6 Å². The van der Waals surface area contributed by atoms with Gasteiger partial charge >= 0.3 is 60.7 Å². The van der Waals surface area contributed by atoms with Crippen LogP contribution in [0, 0.1) is 27.7 Å². The second kappa shape index (κ2) is 41.2. The van der Waals surface area contributed by atoms with E-state index in [-0.39, 0.29) is 61.0 Å². The zero-order chi connectivity index (χ0) is 99.6. The molecule has 0 spiro atoms. The van der Waals surface area contributed by atoms with Crippen molar-refractivity contribution in [2.75, 3.05) is 79.0 Å². The van der Waals surface area contributed by atoms with Crippen molar-refractivity contribution in [3.05, 3.63) is 262 Å². The first-order chi connectivity index (χ1) is 63.7. The molecule has 724 valence electrons. The molecule has 48 heteroatoms. The lowest BCUT2D eigenvalue weighted by Crippen LogP contribution is -2.29. The Labute approximate surface area is 797 Å². The molecule has 0 bridgehead atoms. The molecule has 29 nitrogen and oxygen atoms in total. The minimum Gasteiger partial charge on any atom is -0.478 e. The van der Waals surface area contributed by atoms with Crippen LogP contribution in [0.3, 0.4) is 0 Å². The highest BCUT2D eigenvalue weighted by Crippen LogP contribution is 2.43. The van der Waals surface area contributed by atoms with E-state index < -0.39 is 100 Å². The number of methoxy groups -OCH3 is 3. The van der Waals surface area contributed by atoms with Crippen molar-refractivity contribution >= 4 is 134 Å². The highest BCUT2D eigenvalue weighted by Gasteiger charge is 2.45. The molecule has 16 rings (SSSR count). The van der Waals surface area contributed by atoms with E-state index in [9.17, 15) is 105 Å². The molecule has 136 heavy (non-hydrogen) atoms. The fourth-order valence-electron chi connectivity index (χ4n) is 15.9. The lowest BCUT2D eigenvalue weighted by molar-refractivity contribution is -0.142. The van der Waals surface area contributed by atoms with Crippen LogP contribution in [0.1, 0.15) is 183 Å². The number of hydrogen-bond acceptors (Lipinski definition) is 20. The average molecular weight is 2170 g/mol. The van der Waals surface area contributed by atoms with E-state index in [2.05, 4.69) is 110 Å². The maximum Gasteiger partial charge on any atom is 0.436 e. The van der Waals surface area contributed by atoms with E-state index in [1.54, 1.807) is 119 Å². The van der Waals surface area contributed by atoms with Crippen molar-refractivity contribution in [1.29, 1.82) is 0 Å². The standard InChI is InChI=1S/C25H24BrF3N4O3.C24H22BrF3N4O3.C16H15BrF3N3O2.C15H13BrF3N3O2.C8H8F3N3O2/c1-14(17-4-6-18(7-5-17)24(35)36-3)30-22(34)21-15(2)31-33-9-8-32(23(21)33)13-16-10-19(25(27,28)29)12-20(26)11-16;1-13(16-3-5-17(6-4-16)23(34)35)29-21(33)20-14(2)30-32-8-7-31(22(20)32)12-15-9-18(24(26,27)28)11-19(25)10-15;1-9-13(15(24)25-2)14-22(3-4-23(14)21-9)8-10-5-11(16(18,19)20)7-12(17)6-10;1-8-12(14(23)24)13-21(2-3-22(13)20-8)7-9-4-10(15(17,18)19)6-11(16)5-9;1-16-7(15)4-5(8(9,10)11)13-14-3-2-12-6(4)14/h4-7,10-12,14H,8-9,13H2,1-3H3,(H,30,34);3-6,9-11,13H,7-8,12H2,1-2H3,(H,29,33)(H,34,35);5-7H,3-4,8H2,1-2H3;4-6H,2-3,7H2,1H3,(H,23,24);12H,2-3H2,1H3/t14-;13-;;;/m00.../s1. The Hall–Kier alpha value is -12.5. The van der Waals surface area contributed by atoms with Crippen LogP contribution in [0.5, 0.6) is 0 Å². The number of alkyl halides is 15. The summed E-state index contributed by atoms with van der Waals surface area (Å²) in [6, 6.07) is 27.3. The number of carboxylic acid groups (broad SMARTS) is 2. The molecule has 5 aromatic heterocycles. The van der Waals surface area contributed by atoms with Gasteiger partial charge in [-0.15, -0.1) is 0 Å². The number of anilines is 5. The molecule has 0 saturated carbocycles. The van der Waals surface area contributed by atoms with E-state index in [0.717, 1.165) is 71.4 Å². The molecular weight excluding hydrogens is 2090 g/mol. The molecule has 0 unspecified atom stereocenters. The summed E-state index contributed by atoms with van der Waals surface area (Å²) in [6.45, 7) is 16.1. The Morgan fingerprint density at radius 3 is 0.963 bits per heavy atom. The van der Waals surface area contributed by atoms with Crippen LogP contribution in [-0.4, -0.2) is 155 Å². The van der Waals surface area contributed by atoms with Crippen molar-refractivity contribution in [2.24, 2.45) is 0 Å². The van der Waals surface area contributed by atoms with Gasteiger partial charge in [-0.3, -0.25) is 9.59 Å². The number of amides is 2. The van der Waals surface area contributed by atoms with Crippen molar-refractivity contribution in [1.82, 2.24) is 59.5 Å². The normalized spacial score (nSPS) is 14.1.